The zero-order valence-electron chi connectivity index (χ0n) is 12.0. The van der Waals surface area contributed by atoms with Crippen molar-refractivity contribution in [2.45, 2.75) is 64.0 Å². The van der Waals surface area contributed by atoms with E-state index in [0.717, 1.165) is 38.8 Å². The minimum atomic E-state index is 0.226. The van der Waals surface area contributed by atoms with Crippen molar-refractivity contribution in [3.8, 4) is 0 Å². The van der Waals surface area contributed by atoms with Gasteiger partial charge in [-0.2, -0.15) is 0 Å². The van der Waals surface area contributed by atoms with E-state index in [0.29, 0.717) is 11.8 Å². The number of ketones is 1. The third-order valence-corrected chi connectivity index (χ3v) is 4.59. The summed E-state index contributed by atoms with van der Waals surface area (Å²) in [6, 6.07) is 0.800. The first-order valence-corrected chi connectivity index (χ1v) is 7.69. The van der Waals surface area contributed by atoms with E-state index in [4.69, 9.17) is 0 Å². The number of rotatable bonds is 2. The average Bonchev–Trinajstić information content (AvgIpc) is 2.67. The van der Waals surface area contributed by atoms with Gasteiger partial charge in [0, 0.05) is 25.6 Å². The first-order valence-electron chi connectivity index (χ1n) is 7.69. The molecule has 3 nitrogen and oxygen atoms in total. The summed E-state index contributed by atoms with van der Waals surface area (Å²) in [5.41, 5.74) is 0. The predicted octanol–water partition coefficient (Wildman–Crippen LogP) is 2.30. The second-order valence-electron chi connectivity index (χ2n) is 6.00. The van der Waals surface area contributed by atoms with E-state index in [2.05, 4.69) is 23.8 Å². The van der Waals surface area contributed by atoms with Gasteiger partial charge in [-0.05, 0) is 39.3 Å². The maximum absolute atomic E-state index is 12.3. The SMILES string of the molecule is CCC1CN(C)CCCN1C1CCCCCC1=O. The summed E-state index contributed by atoms with van der Waals surface area (Å²) in [6.45, 7) is 5.67. The van der Waals surface area contributed by atoms with Gasteiger partial charge in [-0.1, -0.05) is 19.8 Å². The van der Waals surface area contributed by atoms with E-state index in [9.17, 15) is 4.79 Å². The monoisotopic (exact) mass is 252 g/mol. The molecule has 2 aliphatic rings. The van der Waals surface area contributed by atoms with Gasteiger partial charge >= 0.3 is 0 Å². The first-order chi connectivity index (χ1) is 8.72. The number of hydrogen-bond donors (Lipinski definition) is 0. The van der Waals surface area contributed by atoms with Gasteiger partial charge in [0.25, 0.3) is 0 Å². The lowest BCUT2D eigenvalue weighted by molar-refractivity contribution is -0.125. The third-order valence-electron chi connectivity index (χ3n) is 4.59. The fraction of sp³-hybridized carbons (Fsp3) is 0.933. The molecule has 1 aliphatic carbocycles. The Morgan fingerprint density at radius 3 is 2.78 bits per heavy atom. The molecule has 0 aromatic carbocycles. The lowest BCUT2D eigenvalue weighted by Crippen LogP contribution is -2.49. The van der Waals surface area contributed by atoms with Gasteiger partial charge in [-0.15, -0.1) is 0 Å². The molecule has 1 saturated carbocycles. The topological polar surface area (TPSA) is 23.6 Å². The molecule has 2 atom stereocenters. The number of carbonyl (C=O) groups is 1. The van der Waals surface area contributed by atoms with Gasteiger partial charge < -0.3 is 4.90 Å². The first kappa shape index (κ1) is 14.0. The van der Waals surface area contributed by atoms with E-state index >= 15 is 0 Å². The molecule has 2 fully saturated rings. The average molecular weight is 252 g/mol. The molecule has 1 heterocycles. The molecule has 0 amide bonds. The predicted molar refractivity (Wildman–Crippen MR) is 74.8 cm³/mol. The van der Waals surface area contributed by atoms with Crippen LogP contribution in [0, 0.1) is 0 Å². The zero-order valence-corrected chi connectivity index (χ0v) is 12.0. The Balaban J connectivity index is 2.09. The lowest BCUT2D eigenvalue weighted by Gasteiger charge is -2.35. The van der Waals surface area contributed by atoms with Crippen LogP contribution in [0.3, 0.4) is 0 Å². The fourth-order valence-corrected chi connectivity index (χ4v) is 3.53. The van der Waals surface area contributed by atoms with Gasteiger partial charge in [-0.3, -0.25) is 9.69 Å². The number of Topliss-reactive ketones (excluding diaryl/α,β-unsaturated/α-hetero) is 1. The van der Waals surface area contributed by atoms with Gasteiger partial charge in [0.15, 0.2) is 0 Å². The molecule has 0 N–H and O–H groups in total. The van der Waals surface area contributed by atoms with E-state index in [1.807, 2.05) is 0 Å². The standard InChI is InChI=1S/C15H28N2O/c1-3-13-12-16(2)10-7-11-17(13)14-8-5-4-6-9-15(14)18/h13-14H,3-12H2,1-2H3. The summed E-state index contributed by atoms with van der Waals surface area (Å²) in [4.78, 5) is 17.3. The van der Waals surface area contributed by atoms with E-state index in [1.165, 1.54) is 25.8 Å². The zero-order chi connectivity index (χ0) is 13.0. The summed E-state index contributed by atoms with van der Waals surface area (Å²) in [5.74, 6) is 0.510. The molecule has 1 saturated heterocycles. The van der Waals surface area contributed by atoms with Crippen LogP contribution in [0.5, 0.6) is 0 Å². The maximum Gasteiger partial charge on any atom is 0.149 e. The molecule has 18 heavy (non-hydrogen) atoms. The minimum Gasteiger partial charge on any atom is -0.305 e. The van der Waals surface area contributed by atoms with E-state index in [1.54, 1.807) is 0 Å². The number of hydrogen-bond acceptors (Lipinski definition) is 3. The molecule has 2 unspecified atom stereocenters. The second kappa shape index (κ2) is 6.67. The molecule has 0 spiro atoms. The molecule has 1 aliphatic heterocycles. The van der Waals surface area contributed by atoms with Crippen LogP contribution >= 0.6 is 0 Å². The van der Waals surface area contributed by atoms with Crippen molar-refractivity contribution in [3.63, 3.8) is 0 Å². The normalized spacial score (nSPS) is 33.1. The molecular formula is C15H28N2O. The van der Waals surface area contributed by atoms with E-state index < -0.39 is 0 Å². The highest BCUT2D eigenvalue weighted by atomic mass is 16.1. The largest absolute Gasteiger partial charge is 0.305 e. The van der Waals surface area contributed by atoms with Gasteiger partial charge in [0.1, 0.15) is 5.78 Å². The van der Waals surface area contributed by atoms with Gasteiger partial charge in [0.05, 0.1) is 6.04 Å². The number of likely N-dealkylation sites (N-methyl/N-ethyl adjacent to an activating group) is 1. The van der Waals surface area contributed by atoms with Gasteiger partial charge in [-0.25, -0.2) is 0 Å². The Kier molecular flexibility index (Phi) is 5.19. The van der Waals surface area contributed by atoms with Crippen molar-refractivity contribution in [1.29, 1.82) is 0 Å². The van der Waals surface area contributed by atoms with Crippen LogP contribution < -0.4 is 0 Å². The Morgan fingerprint density at radius 2 is 2.00 bits per heavy atom. The van der Waals surface area contributed by atoms with Crippen molar-refractivity contribution in [2.24, 2.45) is 0 Å². The third kappa shape index (κ3) is 3.33. The van der Waals surface area contributed by atoms with Crippen LogP contribution in [0.25, 0.3) is 0 Å². The van der Waals surface area contributed by atoms with Crippen molar-refractivity contribution < 1.29 is 4.79 Å². The molecule has 0 radical (unpaired) electrons. The van der Waals surface area contributed by atoms with Crippen molar-refractivity contribution >= 4 is 5.78 Å². The summed E-state index contributed by atoms with van der Waals surface area (Å²) in [5, 5.41) is 0. The second-order valence-corrected chi connectivity index (χ2v) is 6.00. The van der Waals surface area contributed by atoms with Crippen LogP contribution in [-0.4, -0.2) is 54.3 Å². The maximum atomic E-state index is 12.3. The summed E-state index contributed by atoms with van der Waals surface area (Å²) >= 11 is 0. The Hall–Kier alpha value is -0.410. The van der Waals surface area contributed by atoms with Crippen LogP contribution in [0.1, 0.15) is 51.9 Å². The molecular weight excluding hydrogens is 224 g/mol. The Morgan fingerprint density at radius 1 is 1.17 bits per heavy atom. The van der Waals surface area contributed by atoms with Crippen molar-refractivity contribution in [1.82, 2.24) is 9.80 Å². The number of carbonyl (C=O) groups excluding carboxylic acids is 1. The van der Waals surface area contributed by atoms with Crippen LogP contribution in [-0.2, 0) is 4.79 Å². The molecule has 0 bridgehead atoms. The van der Waals surface area contributed by atoms with Gasteiger partial charge in [0.2, 0.25) is 0 Å². The van der Waals surface area contributed by atoms with Crippen molar-refractivity contribution in [3.05, 3.63) is 0 Å². The highest BCUT2D eigenvalue weighted by Crippen LogP contribution is 2.24. The minimum absolute atomic E-state index is 0.226. The molecule has 104 valence electrons. The molecule has 0 aromatic rings. The Labute approximate surface area is 112 Å². The highest BCUT2D eigenvalue weighted by molar-refractivity contribution is 5.84. The Bertz CT molecular complexity index is 280. The summed E-state index contributed by atoms with van der Waals surface area (Å²) in [7, 11) is 2.21. The highest BCUT2D eigenvalue weighted by Gasteiger charge is 2.32. The quantitative estimate of drug-likeness (QED) is 0.705. The lowest BCUT2D eigenvalue weighted by atomic mass is 10.0. The summed E-state index contributed by atoms with van der Waals surface area (Å²) in [6.07, 6.45) is 7.86. The van der Waals surface area contributed by atoms with Crippen LogP contribution in [0.15, 0.2) is 0 Å². The van der Waals surface area contributed by atoms with Crippen molar-refractivity contribution in [2.75, 3.05) is 26.7 Å². The molecule has 0 aromatic heterocycles. The van der Waals surface area contributed by atoms with Crippen LogP contribution in [0.2, 0.25) is 0 Å². The van der Waals surface area contributed by atoms with Crippen LogP contribution in [0.4, 0.5) is 0 Å². The van der Waals surface area contributed by atoms with E-state index in [-0.39, 0.29) is 6.04 Å². The number of nitrogens with zero attached hydrogens (tertiary/aromatic N) is 2. The smallest absolute Gasteiger partial charge is 0.149 e. The molecule has 3 heteroatoms. The summed E-state index contributed by atoms with van der Waals surface area (Å²) < 4.78 is 0. The molecule has 2 rings (SSSR count). The fourth-order valence-electron chi connectivity index (χ4n) is 3.53.